The lowest BCUT2D eigenvalue weighted by Crippen LogP contribution is -2.12. The number of sulfonamides is 1. The molecule has 0 aliphatic heterocycles. The van der Waals surface area contributed by atoms with Crippen molar-refractivity contribution in [3.05, 3.63) is 47.1 Å². The van der Waals surface area contributed by atoms with Crippen LogP contribution >= 0.6 is 11.3 Å². The number of aromatic carboxylic acids is 1. The van der Waals surface area contributed by atoms with E-state index in [4.69, 9.17) is 5.11 Å². The molecule has 0 fully saturated rings. The Labute approximate surface area is 112 Å². The first-order chi connectivity index (χ1) is 8.88. The monoisotopic (exact) mass is 301 g/mol. The van der Waals surface area contributed by atoms with Gasteiger partial charge in [0.25, 0.3) is 10.0 Å². The van der Waals surface area contributed by atoms with Gasteiger partial charge in [-0.2, -0.15) is 0 Å². The molecule has 100 valence electrons. The highest BCUT2D eigenvalue weighted by atomic mass is 32.2. The number of hydrogen-bond donors (Lipinski definition) is 2. The van der Waals surface area contributed by atoms with Crippen molar-refractivity contribution in [2.45, 2.75) is 4.90 Å². The van der Waals surface area contributed by atoms with Gasteiger partial charge in [0.15, 0.2) is 0 Å². The molecular weight excluding hydrogens is 293 g/mol. The molecule has 2 rings (SSSR count). The average molecular weight is 301 g/mol. The average Bonchev–Trinajstić information content (AvgIpc) is 2.77. The summed E-state index contributed by atoms with van der Waals surface area (Å²) in [5.74, 6) is -1.80. The van der Waals surface area contributed by atoms with Crippen molar-refractivity contribution in [2.24, 2.45) is 0 Å². The summed E-state index contributed by atoms with van der Waals surface area (Å²) in [6.07, 6.45) is 0. The number of carboxylic acid groups (broad SMARTS) is 1. The number of nitrogens with one attached hydrogen (secondary N) is 1. The van der Waals surface area contributed by atoms with E-state index in [1.807, 2.05) is 0 Å². The van der Waals surface area contributed by atoms with E-state index in [1.165, 1.54) is 24.3 Å². The third-order valence-corrected chi connectivity index (χ3v) is 4.64. The van der Waals surface area contributed by atoms with Gasteiger partial charge in [0, 0.05) is 0 Å². The smallest absolute Gasteiger partial charge is 0.345 e. The summed E-state index contributed by atoms with van der Waals surface area (Å²) in [5, 5.41) is 8.89. The standard InChI is InChI=1S/C11H8FNO4S2/c12-7-2-1-3-8(6-7)19(16,17)13-10-5-4-9(18-10)11(14)15/h1-6,13H,(H,14,15). The van der Waals surface area contributed by atoms with Crippen LogP contribution in [-0.2, 0) is 10.0 Å². The second kappa shape index (κ2) is 4.98. The second-order valence-corrected chi connectivity index (χ2v) is 6.30. The Hall–Kier alpha value is -1.93. The van der Waals surface area contributed by atoms with Crippen molar-refractivity contribution in [1.29, 1.82) is 0 Å². The number of carboxylic acids is 1. The molecule has 19 heavy (non-hydrogen) atoms. The third kappa shape index (κ3) is 3.09. The van der Waals surface area contributed by atoms with E-state index in [0.717, 1.165) is 23.5 Å². The second-order valence-electron chi connectivity index (χ2n) is 3.53. The zero-order chi connectivity index (χ0) is 14.0. The summed E-state index contributed by atoms with van der Waals surface area (Å²) in [6.45, 7) is 0. The van der Waals surface area contributed by atoms with E-state index in [9.17, 15) is 17.6 Å². The molecule has 5 nitrogen and oxygen atoms in total. The fourth-order valence-corrected chi connectivity index (χ4v) is 3.40. The van der Waals surface area contributed by atoms with E-state index < -0.39 is 21.8 Å². The molecule has 1 aromatic heterocycles. The fourth-order valence-electron chi connectivity index (χ4n) is 1.33. The summed E-state index contributed by atoms with van der Waals surface area (Å²) in [4.78, 5) is 10.5. The molecule has 0 aliphatic rings. The lowest BCUT2D eigenvalue weighted by Gasteiger charge is -2.05. The van der Waals surface area contributed by atoms with Crippen LogP contribution < -0.4 is 4.72 Å². The Bertz CT molecular complexity index is 724. The van der Waals surface area contributed by atoms with Crippen LogP contribution in [0.15, 0.2) is 41.3 Å². The zero-order valence-corrected chi connectivity index (χ0v) is 11.0. The van der Waals surface area contributed by atoms with Crippen LogP contribution in [0.5, 0.6) is 0 Å². The largest absolute Gasteiger partial charge is 0.477 e. The lowest BCUT2D eigenvalue weighted by molar-refractivity contribution is 0.0702. The van der Waals surface area contributed by atoms with Crippen molar-refractivity contribution in [3.63, 3.8) is 0 Å². The minimum absolute atomic E-state index is 0.0111. The van der Waals surface area contributed by atoms with Gasteiger partial charge in [-0.3, -0.25) is 4.72 Å². The van der Waals surface area contributed by atoms with Crippen molar-refractivity contribution in [1.82, 2.24) is 0 Å². The molecule has 0 aliphatic carbocycles. The van der Waals surface area contributed by atoms with Crippen molar-refractivity contribution in [3.8, 4) is 0 Å². The van der Waals surface area contributed by atoms with Crippen LogP contribution in [0.3, 0.4) is 0 Å². The first kappa shape index (κ1) is 13.5. The third-order valence-electron chi connectivity index (χ3n) is 2.16. The molecule has 0 atom stereocenters. The predicted octanol–water partition coefficient (Wildman–Crippen LogP) is 2.39. The van der Waals surface area contributed by atoms with E-state index in [0.29, 0.717) is 0 Å². The molecule has 8 heteroatoms. The fraction of sp³-hybridized carbons (Fsp3) is 0. The van der Waals surface area contributed by atoms with Crippen LogP contribution in [0.2, 0.25) is 0 Å². The highest BCUT2D eigenvalue weighted by molar-refractivity contribution is 7.93. The SMILES string of the molecule is O=C(O)c1ccc(NS(=O)(=O)c2cccc(F)c2)s1. The minimum atomic E-state index is -3.92. The number of carbonyl (C=O) groups is 1. The van der Waals surface area contributed by atoms with Crippen LogP contribution in [0, 0.1) is 5.82 Å². The van der Waals surface area contributed by atoms with Crippen LogP contribution in [0.4, 0.5) is 9.39 Å². The summed E-state index contributed by atoms with van der Waals surface area (Å²) in [7, 11) is -3.92. The van der Waals surface area contributed by atoms with E-state index in [-0.39, 0.29) is 14.8 Å². The molecule has 2 N–H and O–H groups in total. The first-order valence-electron chi connectivity index (χ1n) is 5.00. The Morgan fingerprint density at radius 1 is 1.26 bits per heavy atom. The summed E-state index contributed by atoms with van der Waals surface area (Å²) in [5.41, 5.74) is 0. The Morgan fingerprint density at radius 3 is 2.58 bits per heavy atom. The molecule has 0 unspecified atom stereocenters. The van der Waals surface area contributed by atoms with E-state index >= 15 is 0 Å². The molecular formula is C11H8FNO4S2. The normalized spacial score (nSPS) is 11.2. The number of hydrogen-bond acceptors (Lipinski definition) is 4. The quantitative estimate of drug-likeness (QED) is 0.908. The topological polar surface area (TPSA) is 83.5 Å². The zero-order valence-electron chi connectivity index (χ0n) is 9.33. The van der Waals surface area contributed by atoms with Gasteiger partial charge in [0.05, 0.1) is 4.90 Å². The molecule has 2 aromatic rings. The molecule has 0 saturated carbocycles. The van der Waals surface area contributed by atoms with Gasteiger partial charge in [-0.1, -0.05) is 6.07 Å². The van der Waals surface area contributed by atoms with Gasteiger partial charge in [-0.25, -0.2) is 17.6 Å². The predicted molar refractivity (Wildman–Crippen MR) is 68.5 cm³/mol. The molecule has 1 aromatic carbocycles. The number of anilines is 1. The van der Waals surface area contributed by atoms with Gasteiger partial charge in [0.2, 0.25) is 0 Å². The first-order valence-corrected chi connectivity index (χ1v) is 7.30. The molecule has 0 saturated heterocycles. The highest BCUT2D eigenvalue weighted by Crippen LogP contribution is 2.25. The van der Waals surface area contributed by atoms with Crippen LogP contribution in [-0.4, -0.2) is 19.5 Å². The maximum Gasteiger partial charge on any atom is 0.345 e. The van der Waals surface area contributed by atoms with Crippen LogP contribution in [0.1, 0.15) is 9.67 Å². The van der Waals surface area contributed by atoms with Crippen molar-refractivity contribution < 1.29 is 22.7 Å². The Balaban J connectivity index is 2.28. The number of rotatable bonds is 4. The summed E-state index contributed by atoms with van der Waals surface area (Å²) < 4.78 is 39.0. The number of benzene rings is 1. The van der Waals surface area contributed by atoms with Gasteiger partial charge in [0.1, 0.15) is 15.7 Å². The highest BCUT2D eigenvalue weighted by Gasteiger charge is 2.16. The Kier molecular flexibility index (Phi) is 3.54. The van der Waals surface area contributed by atoms with Gasteiger partial charge in [-0.05, 0) is 30.3 Å². The van der Waals surface area contributed by atoms with Gasteiger partial charge in [-0.15, -0.1) is 11.3 Å². The number of halogens is 1. The van der Waals surface area contributed by atoms with Crippen molar-refractivity contribution >= 4 is 32.3 Å². The molecule has 1 heterocycles. The van der Waals surface area contributed by atoms with E-state index in [1.54, 1.807) is 0 Å². The minimum Gasteiger partial charge on any atom is -0.477 e. The van der Waals surface area contributed by atoms with Gasteiger partial charge >= 0.3 is 5.97 Å². The molecule has 0 spiro atoms. The van der Waals surface area contributed by atoms with Gasteiger partial charge < -0.3 is 5.11 Å². The molecule has 0 bridgehead atoms. The van der Waals surface area contributed by atoms with E-state index in [2.05, 4.69) is 4.72 Å². The van der Waals surface area contributed by atoms with Crippen LogP contribution in [0.25, 0.3) is 0 Å². The maximum atomic E-state index is 13.0. The Morgan fingerprint density at radius 2 is 2.00 bits per heavy atom. The van der Waals surface area contributed by atoms with Crippen molar-refractivity contribution in [2.75, 3.05) is 4.72 Å². The maximum absolute atomic E-state index is 13.0. The number of thiophene rings is 1. The summed E-state index contributed by atoms with van der Waals surface area (Å²) >= 11 is 0.783. The lowest BCUT2D eigenvalue weighted by atomic mass is 10.4. The molecule has 0 amide bonds. The summed E-state index contributed by atoms with van der Waals surface area (Å²) in [6, 6.07) is 7.17. The molecule has 0 radical (unpaired) electrons.